The van der Waals surface area contributed by atoms with Gasteiger partial charge in [-0.1, -0.05) is 55.7 Å². The molecule has 7 nitrogen and oxygen atoms in total. The van der Waals surface area contributed by atoms with Crippen LogP contribution in [0, 0.1) is 30.6 Å². The summed E-state index contributed by atoms with van der Waals surface area (Å²) in [7, 11) is 0. The maximum atomic E-state index is 14.1. The Morgan fingerprint density at radius 3 is 2.28 bits per heavy atom. The lowest BCUT2D eigenvalue weighted by atomic mass is 9.53. The molecule has 0 aliphatic heterocycles. The van der Waals surface area contributed by atoms with Crippen molar-refractivity contribution in [1.82, 2.24) is 15.5 Å². The Labute approximate surface area is 285 Å². The van der Waals surface area contributed by atoms with Crippen LogP contribution in [0.5, 0.6) is 0 Å². The number of aryl methyl sites for hydroxylation is 1. The molecule has 5 fully saturated rings. The predicted molar refractivity (Wildman–Crippen MR) is 190 cm³/mol. The highest BCUT2D eigenvalue weighted by molar-refractivity contribution is 7.98. The van der Waals surface area contributed by atoms with Crippen LogP contribution in [0.1, 0.15) is 98.5 Å². The highest BCUT2D eigenvalue weighted by Gasteiger charge is 2.51. The maximum Gasteiger partial charge on any atom is 0.326 e. The van der Waals surface area contributed by atoms with Gasteiger partial charge in [-0.05, 0) is 135 Å². The Balaban J connectivity index is 1.22. The number of amides is 3. The van der Waals surface area contributed by atoms with E-state index >= 15 is 0 Å². The lowest BCUT2D eigenvalue weighted by Gasteiger charge is -2.57. The van der Waals surface area contributed by atoms with Crippen LogP contribution in [0.25, 0.3) is 11.1 Å². The molecule has 0 unspecified atom stereocenters. The van der Waals surface area contributed by atoms with Crippen molar-refractivity contribution in [3.8, 4) is 11.1 Å². The summed E-state index contributed by atoms with van der Waals surface area (Å²) < 4.78 is 0. The third-order valence-electron chi connectivity index (χ3n) is 11.5. The number of nitrogens with zero attached hydrogens (tertiary/aromatic N) is 1. The summed E-state index contributed by atoms with van der Waals surface area (Å²) in [6, 6.07) is 13.0. The monoisotopic (exact) mass is 659 g/mol. The van der Waals surface area contributed by atoms with E-state index in [0.29, 0.717) is 36.6 Å². The molecule has 2 aromatic rings. The molecule has 7 rings (SSSR count). The molecule has 254 valence electrons. The second-order valence-electron chi connectivity index (χ2n) is 15.2. The van der Waals surface area contributed by atoms with Crippen LogP contribution in [-0.4, -0.2) is 64.6 Å². The van der Waals surface area contributed by atoms with Gasteiger partial charge in [0.05, 0.1) is 0 Å². The van der Waals surface area contributed by atoms with Crippen LogP contribution in [0.4, 0.5) is 4.79 Å². The van der Waals surface area contributed by atoms with E-state index in [2.05, 4.69) is 21.6 Å². The van der Waals surface area contributed by atoms with Gasteiger partial charge in [0.2, 0.25) is 0 Å². The van der Waals surface area contributed by atoms with E-state index in [-0.39, 0.29) is 17.5 Å². The van der Waals surface area contributed by atoms with E-state index < -0.39 is 12.0 Å². The normalized spacial score (nSPS) is 25.7. The molecule has 4 bridgehead atoms. The number of hydrogen-bond donors (Lipinski definition) is 3. The van der Waals surface area contributed by atoms with Gasteiger partial charge in [0.1, 0.15) is 6.04 Å². The van der Waals surface area contributed by atoms with E-state index in [1.54, 1.807) is 11.8 Å². The molecular formula is C39H53N3O4S. The average Bonchev–Trinajstić information content (AvgIpc) is 3.04. The highest BCUT2D eigenvalue weighted by atomic mass is 32.2. The van der Waals surface area contributed by atoms with E-state index in [1.165, 1.54) is 51.4 Å². The van der Waals surface area contributed by atoms with Crippen molar-refractivity contribution >= 4 is 29.7 Å². The van der Waals surface area contributed by atoms with Gasteiger partial charge >= 0.3 is 12.0 Å². The summed E-state index contributed by atoms with van der Waals surface area (Å²) in [4.78, 5) is 41.7. The second kappa shape index (κ2) is 15.0. The number of benzene rings is 2. The van der Waals surface area contributed by atoms with Crippen molar-refractivity contribution < 1.29 is 19.5 Å². The number of carbonyl (C=O) groups is 3. The molecule has 47 heavy (non-hydrogen) atoms. The summed E-state index contributed by atoms with van der Waals surface area (Å²) in [5, 5.41) is 16.2. The molecular weight excluding hydrogens is 607 g/mol. The van der Waals surface area contributed by atoms with Crippen molar-refractivity contribution in [1.29, 1.82) is 0 Å². The molecule has 0 radical (unpaired) electrons. The zero-order chi connectivity index (χ0) is 33.0. The minimum atomic E-state index is -1.02. The zero-order valence-corrected chi connectivity index (χ0v) is 29.1. The first-order valence-electron chi connectivity index (χ1n) is 18.0. The van der Waals surface area contributed by atoms with Crippen molar-refractivity contribution in [2.24, 2.45) is 23.7 Å². The number of carboxylic acid groups (broad SMARTS) is 1. The lowest BCUT2D eigenvalue weighted by molar-refractivity contribution is -0.139. The molecule has 5 aliphatic rings. The molecule has 2 aromatic carbocycles. The van der Waals surface area contributed by atoms with Gasteiger partial charge < -0.3 is 20.6 Å². The number of urea groups is 1. The highest BCUT2D eigenvalue weighted by Crippen LogP contribution is 2.55. The van der Waals surface area contributed by atoms with Gasteiger partial charge in [0, 0.05) is 24.2 Å². The fourth-order valence-electron chi connectivity index (χ4n) is 9.56. The van der Waals surface area contributed by atoms with Crippen molar-refractivity contribution in [2.75, 3.05) is 25.1 Å². The molecule has 0 aromatic heterocycles. The minimum absolute atomic E-state index is 0.0205. The van der Waals surface area contributed by atoms with Gasteiger partial charge in [-0.2, -0.15) is 11.8 Å². The molecule has 3 N–H and O–H groups in total. The van der Waals surface area contributed by atoms with Gasteiger partial charge in [-0.15, -0.1) is 0 Å². The summed E-state index contributed by atoms with van der Waals surface area (Å²) in [5.41, 5.74) is 4.31. The second-order valence-corrected chi connectivity index (χ2v) is 16.2. The summed E-state index contributed by atoms with van der Waals surface area (Å²) >= 11 is 1.56. The fourth-order valence-corrected chi connectivity index (χ4v) is 10.0. The zero-order valence-electron chi connectivity index (χ0n) is 28.3. The predicted octanol–water partition coefficient (Wildman–Crippen LogP) is 7.70. The van der Waals surface area contributed by atoms with Crippen LogP contribution in [0.3, 0.4) is 0 Å². The Morgan fingerprint density at radius 1 is 0.957 bits per heavy atom. The van der Waals surface area contributed by atoms with Gasteiger partial charge in [-0.3, -0.25) is 4.79 Å². The van der Waals surface area contributed by atoms with Crippen LogP contribution >= 0.6 is 11.8 Å². The average molecular weight is 660 g/mol. The number of carboxylic acids is 1. The Bertz CT molecular complexity index is 1400. The quantitative estimate of drug-likeness (QED) is 0.205. The van der Waals surface area contributed by atoms with E-state index in [9.17, 15) is 19.5 Å². The number of aliphatic carboxylic acids is 1. The van der Waals surface area contributed by atoms with Crippen LogP contribution in [-0.2, 0) is 11.2 Å². The summed E-state index contributed by atoms with van der Waals surface area (Å²) in [6.07, 6.45) is 16.6. The first kappa shape index (κ1) is 33.9. The van der Waals surface area contributed by atoms with Gasteiger partial charge in [0.25, 0.3) is 5.91 Å². The maximum absolute atomic E-state index is 14.1. The van der Waals surface area contributed by atoms with Crippen molar-refractivity contribution in [2.45, 2.75) is 102 Å². The fraction of sp³-hybridized carbons (Fsp3) is 0.615. The number of nitrogens with one attached hydrogen (secondary N) is 2. The van der Waals surface area contributed by atoms with E-state index in [4.69, 9.17) is 0 Å². The molecule has 0 heterocycles. The van der Waals surface area contributed by atoms with Crippen LogP contribution in [0.2, 0.25) is 0 Å². The molecule has 3 amide bonds. The van der Waals surface area contributed by atoms with Crippen molar-refractivity contribution in [3.63, 3.8) is 0 Å². The standard InChI is InChI=1S/C39H53N3O4S/c1-26-8-6-7-11-32(26)34-21-27(12-13-33(34)36(43)40-35(37(44)45)15-17-47-2)14-16-42(25-28-9-4-3-5-10-28)38(46)41-39-22-29-18-30(23-39)20-31(19-29)24-39/h6-8,11-13,21,28-31,35H,3-5,9-10,14-20,22-25H2,1-2H3,(H,40,43)(H,41,46)(H,44,45)/t29?,30?,31?,35-,39?/m0/s1. The number of thioether (sulfide) groups is 1. The Kier molecular flexibility index (Phi) is 10.8. The number of carbonyl (C=O) groups excluding carboxylic acids is 2. The van der Waals surface area contributed by atoms with Gasteiger partial charge in [0.15, 0.2) is 0 Å². The Hall–Kier alpha value is -3.00. The molecule has 1 atom stereocenters. The molecule has 5 saturated carbocycles. The van der Waals surface area contributed by atoms with Gasteiger partial charge in [-0.25, -0.2) is 9.59 Å². The smallest absolute Gasteiger partial charge is 0.326 e. The largest absolute Gasteiger partial charge is 0.480 e. The summed E-state index contributed by atoms with van der Waals surface area (Å²) in [5.74, 6) is 2.13. The van der Waals surface area contributed by atoms with E-state index in [1.807, 2.05) is 49.6 Å². The number of hydrogen-bond acceptors (Lipinski definition) is 4. The lowest BCUT2D eigenvalue weighted by Crippen LogP contribution is -2.62. The van der Waals surface area contributed by atoms with Crippen LogP contribution < -0.4 is 10.6 Å². The Morgan fingerprint density at radius 2 is 1.64 bits per heavy atom. The summed E-state index contributed by atoms with van der Waals surface area (Å²) in [6.45, 7) is 3.46. The topological polar surface area (TPSA) is 98.7 Å². The van der Waals surface area contributed by atoms with E-state index in [0.717, 1.165) is 65.8 Å². The number of rotatable bonds is 13. The third kappa shape index (κ3) is 8.18. The van der Waals surface area contributed by atoms with Crippen LogP contribution in [0.15, 0.2) is 42.5 Å². The first-order chi connectivity index (χ1) is 22.7. The third-order valence-corrected chi connectivity index (χ3v) is 12.2. The molecule has 0 saturated heterocycles. The molecule has 5 aliphatic carbocycles. The first-order valence-corrected chi connectivity index (χ1v) is 19.4. The SMILES string of the molecule is CSCC[C@H](NC(=O)c1ccc(CCN(CC2CCCCC2)C(=O)NC23CC4CC(CC(C4)C2)C3)cc1-c1ccccc1C)C(=O)O. The minimum Gasteiger partial charge on any atom is -0.480 e. The molecule has 0 spiro atoms. The van der Waals surface area contributed by atoms with Crippen molar-refractivity contribution in [3.05, 3.63) is 59.2 Å². The molecule has 8 heteroatoms.